The number of rotatable bonds is 2. The van der Waals surface area contributed by atoms with Gasteiger partial charge in [-0.1, -0.05) is 13.8 Å². The fourth-order valence-corrected chi connectivity index (χ4v) is 0. The second kappa shape index (κ2) is 32.7. The van der Waals surface area contributed by atoms with Gasteiger partial charge in [0.15, 0.2) is 0 Å². The Morgan fingerprint density at radius 3 is 1.00 bits per heavy atom. The topological polar surface area (TPSA) is 49.7 Å². The van der Waals surface area contributed by atoms with E-state index < -0.39 is 0 Å². The van der Waals surface area contributed by atoms with Crippen LogP contribution in [0.15, 0.2) is 0 Å². The second-order valence-electron chi connectivity index (χ2n) is 1.86. The molecule has 3 heteroatoms. The Morgan fingerprint density at radius 1 is 0.909 bits per heavy atom. The zero-order chi connectivity index (χ0) is 9.54. The highest BCUT2D eigenvalue weighted by molar-refractivity contribution is 4.10. The third-order valence-corrected chi connectivity index (χ3v) is 0.447. The molecule has 0 aromatic carbocycles. The normalized spacial score (nSPS) is 7.09. The molecule has 0 unspecified atom stereocenters. The molecule has 0 aliphatic rings. The molecule has 0 amide bonds. The van der Waals surface area contributed by atoms with Crippen molar-refractivity contribution in [2.75, 3.05) is 27.4 Å². The lowest BCUT2D eigenvalue weighted by molar-refractivity contribution is 0.277. The van der Waals surface area contributed by atoms with Gasteiger partial charge in [0.25, 0.3) is 0 Å². The van der Waals surface area contributed by atoms with Crippen molar-refractivity contribution < 1.29 is 14.9 Å². The van der Waals surface area contributed by atoms with Crippen LogP contribution in [0.3, 0.4) is 0 Å². The van der Waals surface area contributed by atoms with Gasteiger partial charge in [0, 0.05) is 27.4 Å². The molecule has 2 N–H and O–H groups in total. The largest absolute Gasteiger partial charge is 0.396 e. The summed E-state index contributed by atoms with van der Waals surface area (Å²) in [6.07, 6.45) is 1.75. The molecule has 0 aliphatic carbocycles. The SMILES string of the molecule is CCCO.CCCO.COC. The number of hydrogen-bond donors (Lipinski definition) is 2. The monoisotopic (exact) mass is 166 g/mol. The lowest BCUT2D eigenvalue weighted by Crippen LogP contribution is -1.69. The number of methoxy groups -OCH3 is 1. The molecule has 0 aliphatic heterocycles. The molecule has 0 fully saturated rings. The fourth-order valence-electron chi connectivity index (χ4n) is 0. The van der Waals surface area contributed by atoms with Gasteiger partial charge in [-0.15, -0.1) is 0 Å². The number of aliphatic hydroxyl groups excluding tert-OH is 2. The first-order valence-corrected chi connectivity index (χ1v) is 3.86. The standard InChI is InChI=1S/2C3H8O.C2H6O/c2*1-2-3-4;1-3-2/h2*4H,2-3H2,1H3;1-2H3. The molecule has 11 heavy (non-hydrogen) atoms. The Bertz CT molecular complexity index is 24.5. The van der Waals surface area contributed by atoms with Crippen LogP contribution in [0.5, 0.6) is 0 Å². The van der Waals surface area contributed by atoms with Gasteiger partial charge in [-0.2, -0.15) is 0 Å². The summed E-state index contributed by atoms with van der Waals surface area (Å²) in [5.74, 6) is 0. The summed E-state index contributed by atoms with van der Waals surface area (Å²) < 4.78 is 4.25. The van der Waals surface area contributed by atoms with Crippen molar-refractivity contribution in [3.05, 3.63) is 0 Å². The van der Waals surface area contributed by atoms with E-state index in [1.54, 1.807) is 14.2 Å². The van der Waals surface area contributed by atoms with E-state index in [1.165, 1.54) is 0 Å². The highest BCUT2D eigenvalue weighted by Gasteiger charge is 1.57. The van der Waals surface area contributed by atoms with Crippen LogP contribution in [0.2, 0.25) is 0 Å². The molecule has 0 spiro atoms. The Kier molecular flexibility index (Phi) is 50.9. The first-order valence-electron chi connectivity index (χ1n) is 3.86. The Balaban J connectivity index is -0.0000000886. The van der Waals surface area contributed by atoms with E-state index in [-0.39, 0.29) is 0 Å². The van der Waals surface area contributed by atoms with Crippen LogP contribution in [0.1, 0.15) is 26.7 Å². The van der Waals surface area contributed by atoms with E-state index in [0.717, 1.165) is 12.8 Å². The summed E-state index contributed by atoms with van der Waals surface area (Å²) >= 11 is 0. The Hall–Kier alpha value is -0.120. The van der Waals surface area contributed by atoms with E-state index in [0.29, 0.717) is 13.2 Å². The minimum absolute atomic E-state index is 0.319. The maximum absolute atomic E-state index is 7.88. The quantitative estimate of drug-likeness (QED) is 0.644. The summed E-state index contributed by atoms with van der Waals surface area (Å²) in [6.45, 7) is 4.50. The number of ether oxygens (including phenoxy) is 1. The molecule has 0 aromatic rings. The highest BCUT2D eigenvalue weighted by atomic mass is 16.4. The van der Waals surface area contributed by atoms with Crippen molar-refractivity contribution in [1.29, 1.82) is 0 Å². The van der Waals surface area contributed by atoms with Crippen LogP contribution in [0.4, 0.5) is 0 Å². The van der Waals surface area contributed by atoms with Crippen molar-refractivity contribution in [1.82, 2.24) is 0 Å². The molecular formula is C8H22O3. The molecule has 0 radical (unpaired) electrons. The van der Waals surface area contributed by atoms with Crippen LogP contribution in [-0.4, -0.2) is 37.6 Å². The Morgan fingerprint density at radius 2 is 1.00 bits per heavy atom. The summed E-state index contributed by atoms with van der Waals surface area (Å²) in [5.41, 5.74) is 0. The molecular weight excluding hydrogens is 144 g/mol. The van der Waals surface area contributed by atoms with Gasteiger partial charge in [0.2, 0.25) is 0 Å². The molecule has 0 bridgehead atoms. The smallest absolute Gasteiger partial charge is 0.0428 e. The van der Waals surface area contributed by atoms with Gasteiger partial charge in [-0.3, -0.25) is 0 Å². The number of aliphatic hydroxyl groups is 2. The summed E-state index contributed by atoms with van der Waals surface area (Å²) in [7, 11) is 3.25. The average molecular weight is 166 g/mol. The summed E-state index contributed by atoms with van der Waals surface area (Å²) in [5, 5.41) is 15.8. The molecule has 0 rings (SSSR count). The summed E-state index contributed by atoms with van der Waals surface area (Å²) in [6, 6.07) is 0. The van der Waals surface area contributed by atoms with Crippen LogP contribution < -0.4 is 0 Å². The third-order valence-electron chi connectivity index (χ3n) is 0.447. The maximum Gasteiger partial charge on any atom is 0.0428 e. The van der Waals surface area contributed by atoms with Gasteiger partial charge < -0.3 is 14.9 Å². The van der Waals surface area contributed by atoms with Crippen molar-refractivity contribution >= 4 is 0 Å². The zero-order valence-corrected chi connectivity index (χ0v) is 8.13. The molecule has 0 atom stereocenters. The van der Waals surface area contributed by atoms with Crippen molar-refractivity contribution in [2.24, 2.45) is 0 Å². The van der Waals surface area contributed by atoms with Gasteiger partial charge in [0.05, 0.1) is 0 Å². The predicted molar refractivity (Wildman–Crippen MR) is 47.7 cm³/mol. The lowest BCUT2D eigenvalue weighted by Gasteiger charge is -1.69. The predicted octanol–water partition coefficient (Wildman–Crippen LogP) is 1.04. The average Bonchev–Trinajstić information content (AvgIpc) is 2.06. The van der Waals surface area contributed by atoms with Crippen molar-refractivity contribution in [2.45, 2.75) is 26.7 Å². The minimum atomic E-state index is 0.319. The van der Waals surface area contributed by atoms with Gasteiger partial charge >= 0.3 is 0 Å². The highest BCUT2D eigenvalue weighted by Crippen LogP contribution is 1.61. The molecule has 0 heterocycles. The fraction of sp³-hybridized carbons (Fsp3) is 1.00. The lowest BCUT2D eigenvalue weighted by atomic mass is 10.5. The van der Waals surface area contributed by atoms with Crippen LogP contribution in [0.25, 0.3) is 0 Å². The maximum atomic E-state index is 7.88. The van der Waals surface area contributed by atoms with Crippen molar-refractivity contribution in [3.8, 4) is 0 Å². The van der Waals surface area contributed by atoms with E-state index in [2.05, 4.69) is 4.74 Å². The minimum Gasteiger partial charge on any atom is -0.396 e. The molecule has 0 aromatic heterocycles. The van der Waals surface area contributed by atoms with Crippen LogP contribution in [-0.2, 0) is 4.74 Å². The first-order chi connectivity index (χ1) is 5.24. The molecule has 72 valence electrons. The molecule has 3 nitrogen and oxygen atoms in total. The van der Waals surface area contributed by atoms with Crippen molar-refractivity contribution in [3.63, 3.8) is 0 Å². The first kappa shape index (κ1) is 17.1. The van der Waals surface area contributed by atoms with E-state index in [9.17, 15) is 0 Å². The number of hydrogen-bond acceptors (Lipinski definition) is 3. The van der Waals surface area contributed by atoms with E-state index >= 15 is 0 Å². The van der Waals surface area contributed by atoms with Gasteiger partial charge in [0.1, 0.15) is 0 Å². The van der Waals surface area contributed by atoms with Crippen LogP contribution in [0, 0.1) is 0 Å². The third kappa shape index (κ3) is 174. The van der Waals surface area contributed by atoms with Gasteiger partial charge in [-0.05, 0) is 12.8 Å². The zero-order valence-electron chi connectivity index (χ0n) is 8.13. The van der Waals surface area contributed by atoms with Crippen LogP contribution >= 0.6 is 0 Å². The molecule has 0 saturated heterocycles. The van der Waals surface area contributed by atoms with E-state index in [4.69, 9.17) is 10.2 Å². The molecule has 0 saturated carbocycles. The second-order valence-corrected chi connectivity index (χ2v) is 1.86. The Labute approximate surface area is 70.0 Å². The summed E-state index contributed by atoms with van der Waals surface area (Å²) in [4.78, 5) is 0. The van der Waals surface area contributed by atoms with Gasteiger partial charge in [-0.25, -0.2) is 0 Å². The van der Waals surface area contributed by atoms with E-state index in [1.807, 2.05) is 13.8 Å².